The minimum atomic E-state index is -0.351. The number of carbonyl (C=O) groups excluding carboxylic acids is 1. The molecule has 5 heteroatoms. The highest BCUT2D eigenvalue weighted by Crippen LogP contribution is 2.18. The molecular formula is C9H10IN3O. The molecule has 1 aromatic heterocycles. The molecule has 1 aliphatic heterocycles. The number of nitrogens with zero attached hydrogens (tertiary/aromatic N) is 2. The van der Waals surface area contributed by atoms with Gasteiger partial charge in [0, 0.05) is 16.3 Å². The second-order valence-electron chi connectivity index (χ2n) is 3.22. The average Bonchev–Trinajstić information content (AvgIpc) is 2.50. The summed E-state index contributed by atoms with van der Waals surface area (Å²) >= 11 is 2.18. The molecule has 2 rings (SSSR count). The fraction of sp³-hybridized carbons (Fsp3) is 0.333. The summed E-state index contributed by atoms with van der Waals surface area (Å²) in [7, 11) is 0. The summed E-state index contributed by atoms with van der Waals surface area (Å²) in [4.78, 5) is 17.4. The minimum Gasteiger partial charge on any atom is -0.320 e. The predicted molar refractivity (Wildman–Crippen MR) is 61.9 cm³/mol. The molecule has 0 spiro atoms. The van der Waals surface area contributed by atoms with Crippen LogP contribution in [0.3, 0.4) is 0 Å². The fourth-order valence-corrected chi connectivity index (χ4v) is 1.78. The Kier molecular flexibility index (Phi) is 2.69. The van der Waals surface area contributed by atoms with E-state index >= 15 is 0 Å². The van der Waals surface area contributed by atoms with E-state index in [-0.39, 0.29) is 11.9 Å². The Morgan fingerprint density at radius 3 is 2.86 bits per heavy atom. The van der Waals surface area contributed by atoms with Gasteiger partial charge in [-0.3, -0.25) is 9.69 Å². The lowest BCUT2D eigenvalue weighted by molar-refractivity contribution is -0.118. The van der Waals surface area contributed by atoms with Crippen LogP contribution < -0.4 is 10.6 Å². The third-order valence-corrected chi connectivity index (χ3v) is 2.87. The maximum Gasteiger partial charge on any atom is 0.245 e. The van der Waals surface area contributed by atoms with E-state index in [4.69, 9.17) is 5.73 Å². The van der Waals surface area contributed by atoms with Gasteiger partial charge in [0.05, 0.1) is 6.04 Å². The third kappa shape index (κ3) is 1.74. The first kappa shape index (κ1) is 9.85. The minimum absolute atomic E-state index is 0.0290. The molecule has 1 fully saturated rings. The molecule has 1 aliphatic rings. The van der Waals surface area contributed by atoms with Gasteiger partial charge in [-0.15, -0.1) is 0 Å². The summed E-state index contributed by atoms with van der Waals surface area (Å²) in [5.74, 6) is 0.669. The van der Waals surface area contributed by atoms with Crippen LogP contribution in [0.25, 0.3) is 0 Å². The van der Waals surface area contributed by atoms with Crippen LogP contribution >= 0.6 is 22.6 Å². The third-order valence-electron chi connectivity index (χ3n) is 2.24. The van der Waals surface area contributed by atoms with E-state index in [0.29, 0.717) is 18.8 Å². The van der Waals surface area contributed by atoms with Gasteiger partial charge in [-0.25, -0.2) is 4.98 Å². The number of carbonyl (C=O) groups is 1. The van der Waals surface area contributed by atoms with Gasteiger partial charge >= 0.3 is 0 Å². The van der Waals surface area contributed by atoms with E-state index in [1.807, 2.05) is 12.1 Å². The monoisotopic (exact) mass is 303 g/mol. The maximum absolute atomic E-state index is 11.5. The first-order chi connectivity index (χ1) is 6.68. The van der Waals surface area contributed by atoms with Gasteiger partial charge < -0.3 is 5.73 Å². The largest absolute Gasteiger partial charge is 0.320 e. The normalized spacial score (nSPS) is 21.7. The molecule has 74 valence electrons. The van der Waals surface area contributed by atoms with Crippen LogP contribution in [0.1, 0.15) is 6.42 Å². The van der Waals surface area contributed by atoms with Crippen molar-refractivity contribution in [2.24, 2.45) is 5.73 Å². The van der Waals surface area contributed by atoms with Crippen LogP contribution in [-0.2, 0) is 4.79 Å². The molecule has 0 aliphatic carbocycles. The Balaban J connectivity index is 2.24. The summed E-state index contributed by atoms with van der Waals surface area (Å²) in [6.07, 6.45) is 2.46. The SMILES string of the molecule is N[C@H]1CCN(c2ccc(I)cn2)C1=O. The molecular weight excluding hydrogens is 293 g/mol. The number of pyridine rings is 1. The molecule has 0 saturated carbocycles. The molecule has 0 unspecified atom stereocenters. The van der Waals surface area contributed by atoms with Crippen molar-refractivity contribution in [2.75, 3.05) is 11.4 Å². The standard InChI is InChI=1S/C9H10IN3O/c10-6-1-2-8(12-5-6)13-4-3-7(11)9(13)14/h1-2,5,7H,3-4,11H2/t7-/m0/s1. The Bertz CT molecular complexity index is 352. The lowest BCUT2D eigenvalue weighted by Gasteiger charge is -2.14. The molecule has 1 saturated heterocycles. The van der Waals surface area contributed by atoms with Crippen molar-refractivity contribution in [3.63, 3.8) is 0 Å². The van der Waals surface area contributed by atoms with E-state index in [0.717, 1.165) is 3.57 Å². The van der Waals surface area contributed by atoms with Gasteiger partial charge in [0.2, 0.25) is 5.91 Å². The van der Waals surface area contributed by atoms with E-state index < -0.39 is 0 Å². The molecule has 0 bridgehead atoms. The van der Waals surface area contributed by atoms with Crippen molar-refractivity contribution < 1.29 is 4.79 Å². The lowest BCUT2D eigenvalue weighted by Crippen LogP contribution is -2.34. The van der Waals surface area contributed by atoms with Crippen LogP contribution in [0.15, 0.2) is 18.3 Å². The van der Waals surface area contributed by atoms with Crippen molar-refractivity contribution in [3.8, 4) is 0 Å². The maximum atomic E-state index is 11.5. The number of hydrogen-bond acceptors (Lipinski definition) is 3. The zero-order valence-corrected chi connectivity index (χ0v) is 9.64. The molecule has 2 heterocycles. The molecule has 1 aromatic rings. The van der Waals surface area contributed by atoms with Crippen LogP contribution in [0.2, 0.25) is 0 Å². The van der Waals surface area contributed by atoms with Crippen molar-refractivity contribution >= 4 is 34.3 Å². The second kappa shape index (κ2) is 3.82. The summed E-state index contributed by atoms with van der Waals surface area (Å²) < 4.78 is 1.06. The van der Waals surface area contributed by atoms with Crippen molar-refractivity contribution in [2.45, 2.75) is 12.5 Å². The zero-order valence-electron chi connectivity index (χ0n) is 7.48. The second-order valence-corrected chi connectivity index (χ2v) is 4.47. The topological polar surface area (TPSA) is 59.2 Å². The first-order valence-electron chi connectivity index (χ1n) is 4.37. The fourth-order valence-electron chi connectivity index (χ4n) is 1.46. The highest BCUT2D eigenvalue weighted by molar-refractivity contribution is 14.1. The average molecular weight is 303 g/mol. The number of aromatic nitrogens is 1. The highest BCUT2D eigenvalue weighted by atomic mass is 127. The Hall–Kier alpha value is -0.690. The molecule has 14 heavy (non-hydrogen) atoms. The van der Waals surface area contributed by atoms with Gasteiger partial charge in [0.15, 0.2) is 0 Å². The molecule has 0 aromatic carbocycles. The van der Waals surface area contributed by atoms with Crippen LogP contribution in [0, 0.1) is 3.57 Å². The van der Waals surface area contributed by atoms with E-state index in [1.54, 1.807) is 11.1 Å². The zero-order chi connectivity index (χ0) is 10.1. The molecule has 0 radical (unpaired) electrons. The van der Waals surface area contributed by atoms with Gasteiger partial charge in [-0.2, -0.15) is 0 Å². The molecule has 2 N–H and O–H groups in total. The quantitative estimate of drug-likeness (QED) is 0.779. The smallest absolute Gasteiger partial charge is 0.245 e. The van der Waals surface area contributed by atoms with Gasteiger partial charge in [0.25, 0.3) is 0 Å². The summed E-state index contributed by atoms with van der Waals surface area (Å²) in [6.45, 7) is 0.674. The van der Waals surface area contributed by atoms with Gasteiger partial charge in [0.1, 0.15) is 5.82 Å². The lowest BCUT2D eigenvalue weighted by atomic mass is 10.3. The van der Waals surface area contributed by atoms with Crippen molar-refractivity contribution in [1.82, 2.24) is 4.98 Å². The number of rotatable bonds is 1. The number of amides is 1. The van der Waals surface area contributed by atoms with Crippen molar-refractivity contribution in [3.05, 3.63) is 21.9 Å². The van der Waals surface area contributed by atoms with Crippen LogP contribution in [0.5, 0.6) is 0 Å². The van der Waals surface area contributed by atoms with Crippen molar-refractivity contribution in [1.29, 1.82) is 0 Å². The Morgan fingerprint density at radius 2 is 2.36 bits per heavy atom. The first-order valence-corrected chi connectivity index (χ1v) is 5.45. The number of halogens is 1. The Labute approximate surface area is 95.6 Å². The van der Waals surface area contributed by atoms with Crippen LogP contribution in [0.4, 0.5) is 5.82 Å². The summed E-state index contributed by atoms with van der Waals surface area (Å²) in [6, 6.07) is 3.42. The number of hydrogen-bond donors (Lipinski definition) is 1. The van der Waals surface area contributed by atoms with Crippen LogP contribution in [-0.4, -0.2) is 23.5 Å². The van der Waals surface area contributed by atoms with Gasteiger partial charge in [-0.05, 0) is 41.1 Å². The number of anilines is 1. The highest BCUT2D eigenvalue weighted by Gasteiger charge is 2.29. The summed E-state index contributed by atoms with van der Waals surface area (Å²) in [5, 5.41) is 0. The summed E-state index contributed by atoms with van der Waals surface area (Å²) in [5.41, 5.74) is 5.62. The molecule has 1 amide bonds. The predicted octanol–water partition coefficient (Wildman–Crippen LogP) is 0.750. The molecule has 1 atom stereocenters. The van der Waals surface area contributed by atoms with E-state index in [1.165, 1.54) is 0 Å². The number of nitrogens with two attached hydrogens (primary N) is 1. The molecule has 4 nitrogen and oxygen atoms in total. The van der Waals surface area contributed by atoms with E-state index in [9.17, 15) is 4.79 Å². The van der Waals surface area contributed by atoms with E-state index in [2.05, 4.69) is 27.6 Å². The van der Waals surface area contributed by atoms with Gasteiger partial charge in [-0.1, -0.05) is 0 Å². The Morgan fingerprint density at radius 1 is 1.57 bits per heavy atom.